The Labute approximate surface area is 173 Å². The maximum Gasteiger partial charge on any atom is 0.416 e. The lowest BCUT2D eigenvalue weighted by Gasteiger charge is -2.19. The second-order valence-electron chi connectivity index (χ2n) is 6.61. The van der Waals surface area contributed by atoms with Crippen LogP contribution in [0.4, 0.5) is 24.0 Å². The number of hydrogen-bond acceptors (Lipinski definition) is 6. The van der Waals surface area contributed by atoms with Crippen molar-refractivity contribution >= 4 is 45.7 Å². The molecule has 1 aromatic heterocycles. The monoisotopic (exact) mass is 444 g/mol. The van der Waals surface area contributed by atoms with Gasteiger partial charge in [-0.3, -0.25) is 9.59 Å². The number of aromatic nitrogens is 2. The van der Waals surface area contributed by atoms with Gasteiger partial charge in [-0.15, -0.1) is 10.2 Å². The molecule has 2 aromatic rings. The summed E-state index contributed by atoms with van der Waals surface area (Å²) in [5, 5.41) is 13.6. The number of anilines is 2. The van der Waals surface area contributed by atoms with Crippen LogP contribution in [0.1, 0.15) is 37.7 Å². The minimum Gasteiger partial charge on any atom is -0.325 e. The molecule has 29 heavy (non-hydrogen) atoms. The SMILES string of the molecule is O=C(CSc1nnc(NC(=O)C2CCCCC2)s1)Nc1ccc(C(F)(F)F)cc1. The number of benzene rings is 1. The van der Waals surface area contributed by atoms with Crippen molar-refractivity contribution in [3.05, 3.63) is 29.8 Å². The second-order valence-corrected chi connectivity index (χ2v) is 8.81. The number of nitrogens with one attached hydrogen (secondary N) is 2. The van der Waals surface area contributed by atoms with Crippen LogP contribution in [0.3, 0.4) is 0 Å². The number of halogens is 3. The van der Waals surface area contributed by atoms with Crippen LogP contribution in [0, 0.1) is 5.92 Å². The van der Waals surface area contributed by atoms with Crippen molar-refractivity contribution in [2.75, 3.05) is 16.4 Å². The van der Waals surface area contributed by atoms with Crippen molar-refractivity contribution < 1.29 is 22.8 Å². The zero-order valence-electron chi connectivity index (χ0n) is 15.3. The molecule has 0 aliphatic heterocycles. The van der Waals surface area contributed by atoms with Gasteiger partial charge in [0.1, 0.15) is 0 Å². The lowest BCUT2D eigenvalue weighted by molar-refractivity contribution is -0.137. The number of hydrogen-bond donors (Lipinski definition) is 2. The Morgan fingerprint density at radius 2 is 1.76 bits per heavy atom. The van der Waals surface area contributed by atoms with E-state index in [2.05, 4.69) is 20.8 Å². The van der Waals surface area contributed by atoms with Crippen molar-refractivity contribution in [3.8, 4) is 0 Å². The van der Waals surface area contributed by atoms with E-state index in [0.717, 1.165) is 56.0 Å². The maximum absolute atomic E-state index is 12.5. The summed E-state index contributed by atoms with van der Waals surface area (Å²) >= 11 is 2.32. The summed E-state index contributed by atoms with van der Waals surface area (Å²) in [5.41, 5.74) is -0.497. The number of nitrogens with zero attached hydrogens (tertiary/aromatic N) is 2. The van der Waals surface area contributed by atoms with E-state index in [1.807, 2.05) is 0 Å². The first kappa shape index (κ1) is 21.6. The molecule has 6 nitrogen and oxygen atoms in total. The summed E-state index contributed by atoms with van der Waals surface area (Å²) in [7, 11) is 0. The van der Waals surface area contributed by atoms with Gasteiger partial charge in [0.25, 0.3) is 0 Å². The Bertz CT molecular complexity index is 850. The average molecular weight is 445 g/mol. The quantitative estimate of drug-likeness (QED) is 0.494. The minimum atomic E-state index is -4.42. The summed E-state index contributed by atoms with van der Waals surface area (Å²) in [6, 6.07) is 4.23. The molecular weight excluding hydrogens is 425 g/mol. The third-order valence-electron chi connectivity index (χ3n) is 4.44. The molecule has 156 valence electrons. The van der Waals surface area contributed by atoms with Gasteiger partial charge in [-0.05, 0) is 37.1 Å². The molecule has 1 aromatic carbocycles. The zero-order chi connectivity index (χ0) is 20.9. The molecule has 0 unspecified atom stereocenters. The molecule has 3 rings (SSSR count). The number of amides is 2. The molecule has 11 heteroatoms. The van der Waals surface area contributed by atoms with Gasteiger partial charge in [-0.2, -0.15) is 13.2 Å². The van der Waals surface area contributed by atoms with Crippen LogP contribution < -0.4 is 10.6 Å². The Hall–Kier alpha value is -2.14. The molecule has 2 N–H and O–H groups in total. The first-order chi connectivity index (χ1) is 13.8. The molecular formula is C18H19F3N4O2S2. The largest absolute Gasteiger partial charge is 0.416 e. The Morgan fingerprint density at radius 1 is 1.07 bits per heavy atom. The van der Waals surface area contributed by atoms with Crippen LogP contribution in [0.15, 0.2) is 28.6 Å². The van der Waals surface area contributed by atoms with Crippen molar-refractivity contribution in [1.82, 2.24) is 10.2 Å². The van der Waals surface area contributed by atoms with Crippen molar-refractivity contribution in [1.29, 1.82) is 0 Å². The lowest BCUT2D eigenvalue weighted by Crippen LogP contribution is -2.24. The number of carbonyl (C=O) groups is 2. The molecule has 1 aliphatic rings. The van der Waals surface area contributed by atoms with Gasteiger partial charge in [0.15, 0.2) is 4.34 Å². The van der Waals surface area contributed by atoms with Crippen LogP contribution in [-0.4, -0.2) is 27.8 Å². The molecule has 1 heterocycles. The molecule has 1 fully saturated rings. The Morgan fingerprint density at radius 3 is 2.41 bits per heavy atom. The van der Waals surface area contributed by atoms with Crippen molar-refractivity contribution in [2.24, 2.45) is 5.92 Å². The molecule has 0 saturated heterocycles. The fourth-order valence-electron chi connectivity index (χ4n) is 2.96. The molecule has 1 aliphatic carbocycles. The standard InChI is InChI=1S/C18H19F3N4O2S2/c19-18(20,21)12-6-8-13(9-7-12)22-14(26)10-28-17-25-24-16(29-17)23-15(27)11-4-2-1-3-5-11/h6-9,11H,1-5,10H2,(H,22,26)(H,23,24,27). The van der Waals surface area contributed by atoms with E-state index in [1.165, 1.54) is 23.5 Å². The maximum atomic E-state index is 12.5. The number of carbonyl (C=O) groups excluding carboxylic acids is 2. The molecule has 0 atom stereocenters. The minimum absolute atomic E-state index is 0.0123. The number of rotatable bonds is 6. The van der Waals surface area contributed by atoms with Crippen LogP contribution in [0.25, 0.3) is 0 Å². The third-order valence-corrected chi connectivity index (χ3v) is 6.41. The first-order valence-electron chi connectivity index (χ1n) is 9.05. The van der Waals surface area contributed by atoms with Gasteiger partial charge >= 0.3 is 6.18 Å². The second kappa shape index (κ2) is 9.57. The molecule has 0 bridgehead atoms. The summed E-state index contributed by atoms with van der Waals surface area (Å²) in [4.78, 5) is 24.2. The van der Waals surface area contributed by atoms with E-state index < -0.39 is 11.7 Å². The van der Waals surface area contributed by atoms with Gasteiger partial charge < -0.3 is 10.6 Å². The Kier molecular flexibility index (Phi) is 7.12. The van der Waals surface area contributed by atoms with Crippen LogP contribution >= 0.6 is 23.1 Å². The van der Waals surface area contributed by atoms with E-state index in [-0.39, 0.29) is 29.2 Å². The molecule has 0 spiro atoms. The highest BCUT2D eigenvalue weighted by atomic mass is 32.2. The summed E-state index contributed by atoms with van der Waals surface area (Å²) in [6.07, 6.45) is 0.637. The highest BCUT2D eigenvalue weighted by Crippen LogP contribution is 2.30. The van der Waals surface area contributed by atoms with Crippen molar-refractivity contribution in [3.63, 3.8) is 0 Å². The highest BCUT2D eigenvalue weighted by molar-refractivity contribution is 8.01. The van der Waals surface area contributed by atoms with Gasteiger partial charge in [0.05, 0.1) is 11.3 Å². The molecule has 2 amide bonds. The van der Waals surface area contributed by atoms with E-state index >= 15 is 0 Å². The van der Waals surface area contributed by atoms with Crippen molar-refractivity contribution in [2.45, 2.75) is 42.6 Å². The summed E-state index contributed by atoms with van der Waals surface area (Å²) in [6.45, 7) is 0. The lowest BCUT2D eigenvalue weighted by atomic mass is 9.89. The topological polar surface area (TPSA) is 84.0 Å². The average Bonchev–Trinajstić information content (AvgIpc) is 3.14. The van der Waals surface area contributed by atoms with E-state index in [9.17, 15) is 22.8 Å². The fraction of sp³-hybridized carbons (Fsp3) is 0.444. The van der Waals surface area contributed by atoms with E-state index in [0.29, 0.717) is 9.47 Å². The summed E-state index contributed by atoms with van der Waals surface area (Å²) in [5.74, 6) is -0.389. The predicted octanol–water partition coefficient (Wildman–Crippen LogP) is 4.81. The highest BCUT2D eigenvalue weighted by Gasteiger charge is 2.30. The van der Waals surface area contributed by atoms with Crippen LogP contribution in [0.5, 0.6) is 0 Å². The van der Waals surface area contributed by atoms with Gasteiger partial charge in [0.2, 0.25) is 16.9 Å². The summed E-state index contributed by atoms with van der Waals surface area (Å²) < 4.78 is 38.2. The van der Waals surface area contributed by atoms with Gasteiger partial charge in [-0.25, -0.2) is 0 Å². The smallest absolute Gasteiger partial charge is 0.325 e. The number of thioether (sulfide) groups is 1. The number of alkyl halides is 3. The Balaban J connectivity index is 1.45. The normalized spacial score (nSPS) is 15.1. The van der Waals surface area contributed by atoms with Gasteiger partial charge in [-0.1, -0.05) is 42.4 Å². The van der Waals surface area contributed by atoms with Crippen LogP contribution in [0.2, 0.25) is 0 Å². The van der Waals surface area contributed by atoms with E-state index in [1.54, 1.807) is 0 Å². The van der Waals surface area contributed by atoms with Gasteiger partial charge in [0, 0.05) is 11.6 Å². The fourth-order valence-corrected chi connectivity index (χ4v) is 4.51. The predicted molar refractivity (Wildman–Crippen MR) is 106 cm³/mol. The molecule has 0 radical (unpaired) electrons. The van der Waals surface area contributed by atoms with Crippen LogP contribution in [-0.2, 0) is 15.8 Å². The first-order valence-corrected chi connectivity index (χ1v) is 10.9. The molecule has 1 saturated carbocycles. The zero-order valence-corrected chi connectivity index (χ0v) is 16.9. The third kappa shape index (κ3) is 6.43. The van der Waals surface area contributed by atoms with E-state index in [4.69, 9.17) is 0 Å².